The van der Waals surface area contributed by atoms with E-state index in [1.54, 1.807) is 6.21 Å². The van der Waals surface area contributed by atoms with E-state index in [0.29, 0.717) is 0 Å². The lowest BCUT2D eigenvalue weighted by molar-refractivity contribution is -0.119. The maximum absolute atomic E-state index is 11.8. The largest absolute Gasteiger partial charge is 0.376 e. The topological polar surface area (TPSA) is 56.7 Å². The molecule has 0 fully saturated rings. The third-order valence-corrected chi connectivity index (χ3v) is 4.44. The Morgan fingerprint density at radius 1 is 1.08 bits per heavy atom. The van der Waals surface area contributed by atoms with Crippen LogP contribution in [-0.2, 0) is 4.79 Å². The van der Waals surface area contributed by atoms with Crippen molar-refractivity contribution in [1.29, 1.82) is 0 Å². The first-order chi connectivity index (χ1) is 12.1. The number of amides is 1. The summed E-state index contributed by atoms with van der Waals surface area (Å²) in [5.74, 6) is -0.186. The molecule has 0 bridgehead atoms. The van der Waals surface area contributed by atoms with Gasteiger partial charge in [-0.2, -0.15) is 5.10 Å². The van der Waals surface area contributed by atoms with Crippen molar-refractivity contribution in [2.45, 2.75) is 13.8 Å². The van der Waals surface area contributed by atoms with Crippen molar-refractivity contribution in [2.75, 3.05) is 29.9 Å². The van der Waals surface area contributed by atoms with E-state index in [1.165, 1.54) is 5.69 Å². The first-order valence-electron chi connectivity index (χ1n) is 8.28. The van der Waals surface area contributed by atoms with Crippen LogP contribution in [0, 0.1) is 3.57 Å². The molecule has 0 unspecified atom stereocenters. The van der Waals surface area contributed by atoms with E-state index < -0.39 is 0 Å². The number of carbonyl (C=O) groups excluding carboxylic acids is 1. The number of hydrogen-bond donors (Lipinski definition) is 2. The fraction of sp³-hybridized carbons (Fsp3) is 0.263. The van der Waals surface area contributed by atoms with E-state index in [2.05, 4.69) is 69.3 Å². The molecule has 0 radical (unpaired) electrons. The van der Waals surface area contributed by atoms with Crippen molar-refractivity contribution in [3.05, 3.63) is 57.7 Å². The van der Waals surface area contributed by atoms with Crippen molar-refractivity contribution < 1.29 is 4.79 Å². The number of anilines is 2. The van der Waals surface area contributed by atoms with Gasteiger partial charge in [-0.05, 0) is 78.4 Å². The van der Waals surface area contributed by atoms with E-state index in [0.717, 1.165) is 27.9 Å². The van der Waals surface area contributed by atoms with Gasteiger partial charge in [-0.1, -0.05) is 12.1 Å². The molecule has 2 aromatic carbocycles. The molecule has 6 heteroatoms. The molecule has 0 aliphatic carbocycles. The summed E-state index contributed by atoms with van der Waals surface area (Å²) in [5.41, 5.74) is 5.57. The van der Waals surface area contributed by atoms with Gasteiger partial charge in [-0.25, -0.2) is 5.43 Å². The second-order valence-electron chi connectivity index (χ2n) is 5.42. The predicted octanol–water partition coefficient (Wildman–Crippen LogP) is 3.70. The highest BCUT2D eigenvalue weighted by atomic mass is 127. The monoisotopic (exact) mass is 450 g/mol. The van der Waals surface area contributed by atoms with E-state index in [9.17, 15) is 4.79 Å². The van der Waals surface area contributed by atoms with E-state index >= 15 is 0 Å². The Morgan fingerprint density at radius 2 is 1.72 bits per heavy atom. The summed E-state index contributed by atoms with van der Waals surface area (Å²) >= 11 is 2.24. The Morgan fingerprint density at radius 3 is 2.32 bits per heavy atom. The number of carbonyl (C=O) groups is 1. The van der Waals surface area contributed by atoms with E-state index in [-0.39, 0.29) is 12.5 Å². The minimum atomic E-state index is -0.186. The molecule has 0 atom stereocenters. The van der Waals surface area contributed by atoms with Crippen LogP contribution in [0.5, 0.6) is 0 Å². The molecule has 0 heterocycles. The summed E-state index contributed by atoms with van der Waals surface area (Å²) < 4.78 is 1.16. The molecule has 2 rings (SSSR count). The van der Waals surface area contributed by atoms with Crippen LogP contribution < -0.4 is 15.6 Å². The summed E-state index contributed by atoms with van der Waals surface area (Å²) in [7, 11) is 0. The quantitative estimate of drug-likeness (QED) is 0.367. The van der Waals surface area contributed by atoms with Crippen LogP contribution in [0.15, 0.2) is 53.6 Å². The first-order valence-corrected chi connectivity index (χ1v) is 9.36. The number of hydrogen-bond acceptors (Lipinski definition) is 4. The number of rotatable bonds is 8. The normalized spacial score (nSPS) is 10.7. The van der Waals surface area contributed by atoms with Gasteiger partial charge in [0.15, 0.2) is 0 Å². The van der Waals surface area contributed by atoms with Crippen molar-refractivity contribution in [3.63, 3.8) is 0 Å². The minimum absolute atomic E-state index is 0.179. The highest BCUT2D eigenvalue weighted by Gasteiger charge is 2.01. The molecule has 2 aromatic rings. The smallest absolute Gasteiger partial charge is 0.259 e. The molecule has 2 N–H and O–H groups in total. The molecule has 132 valence electrons. The number of hydrazone groups is 1. The van der Waals surface area contributed by atoms with Crippen molar-refractivity contribution in [1.82, 2.24) is 5.43 Å². The molecule has 0 aliphatic rings. The van der Waals surface area contributed by atoms with Gasteiger partial charge >= 0.3 is 0 Å². The zero-order valence-electron chi connectivity index (χ0n) is 14.5. The fourth-order valence-corrected chi connectivity index (χ4v) is 2.69. The Labute approximate surface area is 162 Å². The Kier molecular flexibility index (Phi) is 7.72. The molecule has 5 nitrogen and oxygen atoms in total. The summed E-state index contributed by atoms with van der Waals surface area (Å²) in [4.78, 5) is 14.1. The fourth-order valence-electron chi connectivity index (χ4n) is 2.33. The van der Waals surface area contributed by atoms with Gasteiger partial charge in [0.25, 0.3) is 5.91 Å². The number of halogens is 1. The van der Waals surface area contributed by atoms with Crippen LogP contribution in [0.4, 0.5) is 11.4 Å². The van der Waals surface area contributed by atoms with E-state index in [1.807, 2.05) is 36.4 Å². The zero-order chi connectivity index (χ0) is 18.1. The third-order valence-electron chi connectivity index (χ3n) is 3.72. The lowest BCUT2D eigenvalue weighted by Crippen LogP contribution is -2.25. The van der Waals surface area contributed by atoms with Crippen LogP contribution in [0.25, 0.3) is 0 Å². The van der Waals surface area contributed by atoms with Crippen LogP contribution in [0.3, 0.4) is 0 Å². The molecule has 0 spiro atoms. The number of benzene rings is 2. The molecule has 0 aliphatic heterocycles. The van der Waals surface area contributed by atoms with Crippen molar-refractivity contribution in [3.8, 4) is 0 Å². The first kappa shape index (κ1) is 19.2. The van der Waals surface area contributed by atoms with Gasteiger partial charge in [-0.3, -0.25) is 4.79 Å². The van der Waals surface area contributed by atoms with Gasteiger partial charge in [0.2, 0.25) is 0 Å². The predicted molar refractivity (Wildman–Crippen MR) is 113 cm³/mol. The highest BCUT2D eigenvalue weighted by Crippen LogP contribution is 2.14. The second-order valence-corrected chi connectivity index (χ2v) is 6.66. The van der Waals surface area contributed by atoms with Gasteiger partial charge in [0, 0.05) is 28.0 Å². The number of nitrogens with zero attached hydrogens (tertiary/aromatic N) is 2. The molecule has 0 aromatic heterocycles. The number of nitrogens with one attached hydrogen (secondary N) is 2. The molecule has 0 saturated heterocycles. The van der Waals surface area contributed by atoms with Crippen molar-refractivity contribution >= 4 is 46.1 Å². The van der Waals surface area contributed by atoms with Crippen LogP contribution in [0.2, 0.25) is 0 Å². The Balaban J connectivity index is 1.79. The lowest BCUT2D eigenvalue weighted by Gasteiger charge is -2.20. The Bertz CT molecular complexity index is 694. The molecular formula is C19H23IN4O. The molecule has 1 amide bonds. The Hall–Kier alpha value is -2.09. The van der Waals surface area contributed by atoms with Crippen LogP contribution in [-0.4, -0.2) is 31.8 Å². The molecular weight excluding hydrogens is 427 g/mol. The average Bonchev–Trinajstić information content (AvgIpc) is 2.63. The molecule has 0 saturated carbocycles. The summed E-state index contributed by atoms with van der Waals surface area (Å²) in [6.45, 7) is 6.41. The van der Waals surface area contributed by atoms with Gasteiger partial charge in [0.1, 0.15) is 0 Å². The van der Waals surface area contributed by atoms with Gasteiger partial charge in [-0.15, -0.1) is 0 Å². The van der Waals surface area contributed by atoms with Gasteiger partial charge in [0.05, 0.1) is 12.8 Å². The highest BCUT2D eigenvalue weighted by molar-refractivity contribution is 14.1. The summed E-state index contributed by atoms with van der Waals surface area (Å²) in [5, 5.41) is 7.06. The van der Waals surface area contributed by atoms with Crippen LogP contribution in [0.1, 0.15) is 19.4 Å². The SMILES string of the molecule is CCN(CC)c1ccc(/C=N\NC(=O)CNc2ccc(I)cc2)cc1. The lowest BCUT2D eigenvalue weighted by atomic mass is 10.2. The standard InChI is InChI=1S/C19H23IN4O/c1-3-24(4-2)18-11-5-15(6-12-18)13-22-23-19(25)14-21-17-9-7-16(20)8-10-17/h5-13,21H,3-4,14H2,1-2H3,(H,23,25)/b22-13-. The average molecular weight is 450 g/mol. The third kappa shape index (κ3) is 6.38. The summed E-state index contributed by atoms with van der Waals surface area (Å²) in [6, 6.07) is 16.0. The van der Waals surface area contributed by atoms with Gasteiger partial charge < -0.3 is 10.2 Å². The zero-order valence-corrected chi connectivity index (χ0v) is 16.7. The molecule has 25 heavy (non-hydrogen) atoms. The van der Waals surface area contributed by atoms with Crippen LogP contribution >= 0.6 is 22.6 Å². The van der Waals surface area contributed by atoms with Crippen molar-refractivity contribution in [2.24, 2.45) is 5.10 Å². The minimum Gasteiger partial charge on any atom is -0.376 e. The van der Waals surface area contributed by atoms with E-state index in [4.69, 9.17) is 0 Å². The maximum atomic E-state index is 11.8. The summed E-state index contributed by atoms with van der Waals surface area (Å²) in [6.07, 6.45) is 1.65. The maximum Gasteiger partial charge on any atom is 0.259 e. The second kappa shape index (κ2) is 10.0.